The molecular weight excluding hydrogens is 404 g/mol. The Morgan fingerprint density at radius 2 is 1.70 bits per heavy atom. The van der Waals surface area contributed by atoms with Crippen LogP contribution in [0.2, 0.25) is 0 Å². The predicted octanol–water partition coefficient (Wildman–Crippen LogP) is 7.93. The minimum Gasteiger partial charge on any atom is -0.341 e. The zero-order chi connectivity index (χ0) is 23.4. The Morgan fingerprint density at radius 1 is 0.939 bits per heavy atom. The summed E-state index contributed by atoms with van der Waals surface area (Å²) in [4.78, 5) is 4.85. The van der Waals surface area contributed by atoms with E-state index in [1.54, 1.807) is 0 Å². The molecule has 1 N–H and O–H groups in total. The van der Waals surface area contributed by atoms with E-state index < -0.39 is 0 Å². The third kappa shape index (κ3) is 4.59. The summed E-state index contributed by atoms with van der Waals surface area (Å²) in [7, 11) is 0. The third-order valence-electron chi connectivity index (χ3n) is 6.78. The van der Waals surface area contributed by atoms with Gasteiger partial charge in [-0.1, -0.05) is 57.2 Å². The molecule has 0 bridgehead atoms. The van der Waals surface area contributed by atoms with Crippen LogP contribution in [0.25, 0.3) is 16.7 Å². The smallest absolute Gasteiger partial charge is 0.157 e. The second-order valence-corrected chi connectivity index (χ2v) is 9.14. The molecule has 0 aliphatic carbocycles. The zero-order valence-corrected chi connectivity index (χ0v) is 20.3. The Labute approximate surface area is 197 Å². The number of unbranched alkanes of at least 4 members (excludes halogenated alkanes) is 5. The van der Waals surface area contributed by atoms with Crippen molar-refractivity contribution in [1.82, 2.24) is 9.38 Å². The van der Waals surface area contributed by atoms with E-state index in [-0.39, 0.29) is 0 Å². The van der Waals surface area contributed by atoms with Crippen LogP contribution in [0.3, 0.4) is 0 Å². The molecule has 2 heterocycles. The molecule has 4 aromatic rings. The van der Waals surface area contributed by atoms with Gasteiger partial charge in [0, 0.05) is 5.69 Å². The number of nitrogens with zero attached hydrogens (tertiary/aromatic N) is 3. The SMILES string of the molecule is CCCCCCCCc1c(C)c(C#N)c2nc3ccccc3n2c1Nc1ccc(C)c(C)c1. The van der Waals surface area contributed by atoms with Crippen LogP contribution in [0.15, 0.2) is 42.5 Å². The largest absolute Gasteiger partial charge is 0.341 e. The fourth-order valence-corrected chi connectivity index (χ4v) is 4.66. The number of fused-ring (bicyclic) bond motifs is 3. The average molecular weight is 439 g/mol. The topological polar surface area (TPSA) is 53.1 Å². The fraction of sp³-hybridized carbons (Fsp3) is 0.379. The Kier molecular flexibility index (Phi) is 6.99. The van der Waals surface area contributed by atoms with Gasteiger partial charge in [-0.2, -0.15) is 5.26 Å². The zero-order valence-electron chi connectivity index (χ0n) is 20.3. The van der Waals surface area contributed by atoms with Crippen LogP contribution in [0, 0.1) is 32.1 Å². The Bertz CT molecular complexity index is 1320. The van der Waals surface area contributed by atoms with Gasteiger partial charge in [0.25, 0.3) is 0 Å². The number of imidazole rings is 1. The number of rotatable bonds is 9. The number of anilines is 2. The average Bonchev–Trinajstić information content (AvgIpc) is 3.19. The van der Waals surface area contributed by atoms with Crippen molar-refractivity contribution in [3.8, 4) is 6.07 Å². The molecule has 0 unspecified atom stereocenters. The summed E-state index contributed by atoms with van der Waals surface area (Å²) < 4.78 is 2.16. The quantitative estimate of drug-likeness (QED) is 0.270. The normalized spacial score (nSPS) is 11.2. The minimum absolute atomic E-state index is 0.679. The maximum absolute atomic E-state index is 10.1. The third-order valence-corrected chi connectivity index (χ3v) is 6.78. The second-order valence-electron chi connectivity index (χ2n) is 9.14. The van der Waals surface area contributed by atoms with Gasteiger partial charge in [-0.3, -0.25) is 4.40 Å². The summed E-state index contributed by atoms with van der Waals surface area (Å²) in [6.07, 6.45) is 8.43. The molecule has 33 heavy (non-hydrogen) atoms. The molecule has 4 heteroatoms. The van der Waals surface area contributed by atoms with E-state index in [9.17, 15) is 5.26 Å². The van der Waals surface area contributed by atoms with Crippen molar-refractivity contribution in [2.75, 3.05) is 5.32 Å². The summed E-state index contributed by atoms with van der Waals surface area (Å²) in [5, 5.41) is 13.8. The van der Waals surface area contributed by atoms with Crippen LogP contribution in [0.1, 0.15) is 73.3 Å². The van der Waals surface area contributed by atoms with Gasteiger partial charge in [0.05, 0.1) is 16.6 Å². The van der Waals surface area contributed by atoms with Gasteiger partial charge in [0.2, 0.25) is 0 Å². The van der Waals surface area contributed by atoms with Crippen LogP contribution >= 0.6 is 0 Å². The van der Waals surface area contributed by atoms with Gasteiger partial charge < -0.3 is 5.32 Å². The molecule has 0 fully saturated rings. The second kappa shape index (κ2) is 10.1. The highest BCUT2D eigenvalue weighted by atomic mass is 15.1. The lowest BCUT2D eigenvalue weighted by Crippen LogP contribution is -2.08. The number of nitriles is 1. The summed E-state index contributed by atoms with van der Waals surface area (Å²) >= 11 is 0. The number of aryl methyl sites for hydroxylation is 2. The maximum atomic E-state index is 10.1. The maximum Gasteiger partial charge on any atom is 0.157 e. The van der Waals surface area contributed by atoms with Crippen molar-refractivity contribution in [2.24, 2.45) is 0 Å². The van der Waals surface area contributed by atoms with Crippen molar-refractivity contribution in [3.63, 3.8) is 0 Å². The van der Waals surface area contributed by atoms with E-state index in [0.717, 1.165) is 46.6 Å². The first kappa shape index (κ1) is 22.9. The number of hydrogen-bond acceptors (Lipinski definition) is 3. The van der Waals surface area contributed by atoms with E-state index >= 15 is 0 Å². The lowest BCUT2D eigenvalue weighted by atomic mass is 9.98. The van der Waals surface area contributed by atoms with E-state index in [0.29, 0.717) is 5.56 Å². The van der Waals surface area contributed by atoms with E-state index in [2.05, 4.69) is 67.7 Å². The van der Waals surface area contributed by atoms with E-state index in [1.165, 1.54) is 48.8 Å². The highest BCUT2D eigenvalue weighted by molar-refractivity contribution is 5.87. The van der Waals surface area contributed by atoms with Crippen LogP contribution in [0.4, 0.5) is 11.5 Å². The molecular formula is C29H34N4. The first-order valence-electron chi connectivity index (χ1n) is 12.2. The molecule has 0 spiro atoms. The predicted molar refractivity (Wildman–Crippen MR) is 138 cm³/mol. The lowest BCUT2D eigenvalue weighted by molar-refractivity contribution is 0.607. The molecule has 0 aliphatic heterocycles. The van der Waals surface area contributed by atoms with Crippen molar-refractivity contribution >= 4 is 28.2 Å². The monoisotopic (exact) mass is 438 g/mol. The van der Waals surface area contributed by atoms with E-state index in [1.807, 2.05) is 18.2 Å². The summed E-state index contributed by atoms with van der Waals surface area (Å²) in [6, 6.07) is 17.1. The van der Waals surface area contributed by atoms with Crippen molar-refractivity contribution in [3.05, 3.63) is 70.3 Å². The van der Waals surface area contributed by atoms with Gasteiger partial charge in [-0.15, -0.1) is 0 Å². The van der Waals surface area contributed by atoms with Crippen molar-refractivity contribution < 1.29 is 0 Å². The number of pyridine rings is 1. The van der Waals surface area contributed by atoms with Gasteiger partial charge >= 0.3 is 0 Å². The molecule has 0 aliphatic rings. The molecule has 4 nitrogen and oxygen atoms in total. The van der Waals surface area contributed by atoms with Gasteiger partial charge in [-0.25, -0.2) is 4.98 Å². The summed E-state index contributed by atoms with van der Waals surface area (Å²) in [5.74, 6) is 1.03. The lowest BCUT2D eigenvalue weighted by Gasteiger charge is -2.19. The molecule has 0 amide bonds. The van der Waals surface area contributed by atoms with Crippen LogP contribution in [-0.2, 0) is 6.42 Å². The van der Waals surface area contributed by atoms with Crippen molar-refractivity contribution in [2.45, 2.75) is 72.6 Å². The molecule has 0 radical (unpaired) electrons. The standard InChI is InChI=1S/C29H34N4/c1-5-6-7-8-9-10-13-24-22(4)25(19-30)29-32-26-14-11-12-15-27(26)33(29)28(24)31-23-17-16-20(2)21(3)18-23/h11-12,14-18,31H,5-10,13H2,1-4H3. The van der Waals surface area contributed by atoms with Crippen LogP contribution < -0.4 is 5.32 Å². The molecule has 4 rings (SSSR count). The number of hydrogen-bond donors (Lipinski definition) is 1. The number of nitrogens with one attached hydrogen (secondary N) is 1. The first-order chi connectivity index (χ1) is 16.0. The first-order valence-corrected chi connectivity index (χ1v) is 12.2. The summed E-state index contributed by atoms with van der Waals surface area (Å²) in [6.45, 7) is 8.61. The number of aromatic nitrogens is 2. The number of benzene rings is 2. The Hall–Kier alpha value is -3.32. The molecule has 2 aromatic heterocycles. The number of para-hydroxylation sites is 2. The van der Waals surface area contributed by atoms with Crippen molar-refractivity contribution in [1.29, 1.82) is 5.26 Å². The molecule has 2 aromatic carbocycles. The highest BCUT2D eigenvalue weighted by Gasteiger charge is 2.20. The Morgan fingerprint density at radius 3 is 2.45 bits per heavy atom. The molecule has 0 atom stereocenters. The Balaban J connectivity index is 1.84. The highest BCUT2D eigenvalue weighted by Crippen LogP contribution is 2.34. The minimum atomic E-state index is 0.679. The summed E-state index contributed by atoms with van der Waals surface area (Å²) in [5.41, 5.74) is 9.21. The van der Waals surface area contributed by atoms with Crippen LogP contribution in [-0.4, -0.2) is 9.38 Å². The molecule has 0 saturated carbocycles. The van der Waals surface area contributed by atoms with Gasteiger partial charge in [0.1, 0.15) is 11.9 Å². The molecule has 170 valence electrons. The van der Waals surface area contributed by atoms with Crippen LogP contribution in [0.5, 0.6) is 0 Å². The van der Waals surface area contributed by atoms with E-state index in [4.69, 9.17) is 4.98 Å². The van der Waals surface area contributed by atoms with Gasteiger partial charge in [0.15, 0.2) is 5.65 Å². The molecule has 0 saturated heterocycles. The van der Waals surface area contributed by atoms with Gasteiger partial charge in [-0.05, 0) is 80.1 Å². The fourth-order valence-electron chi connectivity index (χ4n) is 4.66.